The number of ketones is 2. The van der Waals surface area contributed by atoms with Crippen molar-refractivity contribution in [3.63, 3.8) is 0 Å². The lowest BCUT2D eigenvalue weighted by atomic mass is 9.82. The maximum absolute atomic E-state index is 12.7. The molecule has 0 amide bonds. The molecule has 0 radical (unpaired) electrons. The predicted octanol–water partition coefficient (Wildman–Crippen LogP) is 2.17. The topological polar surface area (TPSA) is 72.8 Å². The van der Waals surface area contributed by atoms with Crippen LogP contribution in [0.2, 0.25) is 0 Å². The number of benzene rings is 1. The highest BCUT2D eigenvalue weighted by Gasteiger charge is 2.34. The number of allylic oxidation sites excluding steroid dienone is 1. The van der Waals surface area contributed by atoms with E-state index in [1.54, 1.807) is 19.1 Å². The Bertz CT molecular complexity index is 628. The van der Waals surface area contributed by atoms with Crippen LogP contribution < -0.4 is 9.47 Å². The second kappa shape index (κ2) is 6.10. The summed E-state index contributed by atoms with van der Waals surface area (Å²) in [6.45, 7) is 1.70. The predicted molar refractivity (Wildman–Crippen MR) is 77.2 cm³/mol. The van der Waals surface area contributed by atoms with E-state index in [9.17, 15) is 9.59 Å². The van der Waals surface area contributed by atoms with Crippen LogP contribution in [0.4, 0.5) is 0 Å². The van der Waals surface area contributed by atoms with Crippen LogP contribution >= 0.6 is 0 Å². The Morgan fingerprint density at radius 2 is 1.71 bits per heavy atom. The van der Waals surface area contributed by atoms with Crippen molar-refractivity contribution in [1.29, 1.82) is 0 Å². The first kappa shape index (κ1) is 15.3. The average molecular weight is 290 g/mol. The van der Waals surface area contributed by atoms with Gasteiger partial charge in [0.1, 0.15) is 11.5 Å². The normalized spacial score (nSPS) is 16.6. The number of Topliss-reactive ketones (excluding diaryl/α,β-unsaturated/α-hetero) is 2. The lowest BCUT2D eigenvalue weighted by Gasteiger charge is -2.22. The molecular formula is C16H18O5. The van der Waals surface area contributed by atoms with E-state index in [0.717, 1.165) is 5.57 Å². The number of aliphatic hydroxyl groups excluding tert-OH is 1. The summed E-state index contributed by atoms with van der Waals surface area (Å²) in [7, 11) is 2.92. The molecule has 5 heteroatoms. The summed E-state index contributed by atoms with van der Waals surface area (Å²) >= 11 is 0. The molecule has 0 aromatic heterocycles. The van der Waals surface area contributed by atoms with E-state index in [2.05, 4.69) is 0 Å². The molecule has 1 aliphatic rings. The lowest BCUT2D eigenvalue weighted by molar-refractivity contribution is 0.0928. The lowest BCUT2D eigenvalue weighted by Crippen LogP contribution is -2.23. The molecule has 112 valence electrons. The van der Waals surface area contributed by atoms with Gasteiger partial charge in [-0.25, -0.2) is 0 Å². The van der Waals surface area contributed by atoms with Crippen LogP contribution in [0.15, 0.2) is 23.3 Å². The van der Waals surface area contributed by atoms with Crippen molar-refractivity contribution in [2.45, 2.75) is 19.8 Å². The third kappa shape index (κ3) is 2.56. The van der Waals surface area contributed by atoms with Crippen LogP contribution in [0.5, 0.6) is 11.5 Å². The van der Waals surface area contributed by atoms with Crippen molar-refractivity contribution < 1.29 is 24.2 Å². The summed E-state index contributed by atoms with van der Waals surface area (Å²) in [5, 5.41) is 9.02. The number of hydrogen-bond acceptors (Lipinski definition) is 5. The van der Waals surface area contributed by atoms with Crippen molar-refractivity contribution in [2.75, 3.05) is 20.8 Å². The number of aliphatic hydroxyl groups is 1. The molecule has 0 fully saturated rings. The number of hydrogen-bond donors (Lipinski definition) is 1. The van der Waals surface area contributed by atoms with Crippen molar-refractivity contribution in [3.05, 3.63) is 34.4 Å². The maximum atomic E-state index is 12.7. The van der Waals surface area contributed by atoms with Gasteiger partial charge in [-0.2, -0.15) is 0 Å². The highest BCUT2D eigenvalue weighted by Crippen LogP contribution is 2.38. The van der Waals surface area contributed by atoms with E-state index in [1.807, 2.05) is 0 Å². The molecule has 0 saturated carbocycles. The summed E-state index contributed by atoms with van der Waals surface area (Å²) in [5.41, 5.74) is 1.70. The standard InChI is InChI=1S/C16H18O5/c1-9(6-7-17)10-8-11(18)14-12(20-2)4-5-13(21-3)15(14)16(10)19/h4-5,17H,6-8H2,1-3H3. The number of carbonyl (C=O) groups excluding carboxylic acids is 2. The van der Waals surface area contributed by atoms with Gasteiger partial charge in [0.05, 0.1) is 25.3 Å². The highest BCUT2D eigenvalue weighted by atomic mass is 16.5. The molecule has 0 spiro atoms. The second-order valence-electron chi connectivity index (χ2n) is 4.88. The summed E-state index contributed by atoms with van der Waals surface area (Å²) in [5.74, 6) is 0.333. The Balaban J connectivity index is 2.68. The van der Waals surface area contributed by atoms with Gasteiger partial charge in [0.25, 0.3) is 0 Å². The first-order valence-corrected chi connectivity index (χ1v) is 6.67. The van der Waals surface area contributed by atoms with Gasteiger partial charge in [-0.3, -0.25) is 9.59 Å². The minimum absolute atomic E-state index is 0.0290. The molecule has 5 nitrogen and oxygen atoms in total. The molecule has 21 heavy (non-hydrogen) atoms. The van der Waals surface area contributed by atoms with Crippen LogP contribution in [0.3, 0.4) is 0 Å². The Labute approximate surface area is 123 Å². The van der Waals surface area contributed by atoms with Crippen LogP contribution in [0, 0.1) is 0 Å². The number of rotatable bonds is 4. The molecule has 1 N–H and O–H groups in total. The summed E-state index contributed by atoms with van der Waals surface area (Å²) in [4.78, 5) is 25.1. The summed E-state index contributed by atoms with van der Waals surface area (Å²) in [6.07, 6.45) is 0.400. The fraction of sp³-hybridized carbons (Fsp3) is 0.375. The van der Waals surface area contributed by atoms with E-state index < -0.39 is 0 Å². The van der Waals surface area contributed by atoms with Crippen molar-refractivity contribution in [2.24, 2.45) is 0 Å². The van der Waals surface area contributed by atoms with Crippen LogP contribution in [0.25, 0.3) is 0 Å². The van der Waals surface area contributed by atoms with Gasteiger partial charge in [-0.15, -0.1) is 0 Å². The first-order valence-electron chi connectivity index (χ1n) is 6.67. The zero-order valence-electron chi connectivity index (χ0n) is 12.4. The van der Waals surface area contributed by atoms with Crippen molar-refractivity contribution in [1.82, 2.24) is 0 Å². The highest BCUT2D eigenvalue weighted by molar-refractivity contribution is 6.24. The average Bonchev–Trinajstić information content (AvgIpc) is 2.49. The monoisotopic (exact) mass is 290 g/mol. The zero-order chi connectivity index (χ0) is 15.6. The molecule has 1 aromatic carbocycles. The van der Waals surface area contributed by atoms with E-state index in [1.165, 1.54) is 14.2 Å². The Hall–Kier alpha value is -2.14. The van der Waals surface area contributed by atoms with E-state index >= 15 is 0 Å². The molecule has 2 rings (SSSR count). The minimum Gasteiger partial charge on any atom is -0.496 e. The number of fused-ring (bicyclic) bond motifs is 1. The van der Waals surface area contributed by atoms with Crippen molar-refractivity contribution >= 4 is 11.6 Å². The van der Waals surface area contributed by atoms with Crippen LogP contribution in [-0.2, 0) is 0 Å². The Morgan fingerprint density at radius 3 is 2.24 bits per heavy atom. The molecular weight excluding hydrogens is 272 g/mol. The fourth-order valence-electron chi connectivity index (χ4n) is 2.55. The smallest absolute Gasteiger partial charge is 0.194 e. The van der Waals surface area contributed by atoms with Gasteiger partial charge in [0.2, 0.25) is 0 Å². The Kier molecular flexibility index (Phi) is 4.43. The van der Waals surface area contributed by atoms with Gasteiger partial charge in [-0.1, -0.05) is 5.57 Å². The van der Waals surface area contributed by atoms with Gasteiger partial charge in [0.15, 0.2) is 11.6 Å². The first-order chi connectivity index (χ1) is 10.0. The molecule has 0 atom stereocenters. The number of methoxy groups -OCH3 is 2. The van der Waals surface area contributed by atoms with Gasteiger partial charge < -0.3 is 14.6 Å². The molecule has 0 unspecified atom stereocenters. The summed E-state index contributed by atoms with van der Waals surface area (Å²) in [6, 6.07) is 3.24. The molecule has 0 heterocycles. The van der Waals surface area contributed by atoms with E-state index in [4.69, 9.17) is 14.6 Å². The van der Waals surface area contributed by atoms with Crippen molar-refractivity contribution in [3.8, 4) is 11.5 Å². The molecule has 1 aliphatic carbocycles. The molecule has 1 aromatic rings. The fourth-order valence-corrected chi connectivity index (χ4v) is 2.55. The van der Waals surface area contributed by atoms with E-state index in [-0.39, 0.29) is 35.7 Å². The minimum atomic E-state index is -0.230. The van der Waals surface area contributed by atoms with E-state index in [0.29, 0.717) is 23.5 Å². The number of ether oxygens (including phenoxy) is 2. The zero-order valence-corrected chi connectivity index (χ0v) is 12.4. The van der Waals surface area contributed by atoms with Crippen LogP contribution in [0.1, 0.15) is 40.5 Å². The third-order valence-electron chi connectivity index (χ3n) is 3.69. The molecule has 0 aliphatic heterocycles. The maximum Gasteiger partial charge on any atom is 0.194 e. The van der Waals surface area contributed by atoms with Gasteiger partial charge in [0, 0.05) is 18.6 Å². The third-order valence-corrected chi connectivity index (χ3v) is 3.69. The number of carbonyl (C=O) groups is 2. The SMILES string of the molecule is COc1ccc(OC)c2c1C(=O)CC(=C(C)CCO)C2=O. The van der Waals surface area contributed by atoms with Crippen LogP contribution in [-0.4, -0.2) is 37.5 Å². The summed E-state index contributed by atoms with van der Waals surface area (Å²) < 4.78 is 10.4. The Morgan fingerprint density at radius 1 is 1.14 bits per heavy atom. The second-order valence-corrected chi connectivity index (χ2v) is 4.88. The largest absolute Gasteiger partial charge is 0.496 e. The molecule has 0 saturated heterocycles. The van der Waals surface area contributed by atoms with Gasteiger partial charge >= 0.3 is 0 Å². The van der Waals surface area contributed by atoms with Gasteiger partial charge in [-0.05, 0) is 25.5 Å². The molecule has 0 bridgehead atoms. The quantitative estimate of drug-likeness (QED) is 0.860.